The number of hydrogen-bond donors (Lipinski definition) is 1. The van der Waals surface area contributed by atoms with Gasteiger partial charge in [-0.25, -0.2) is 9.97 Å². The van der Waals surface area contributed by atoms with Gasteiger partial charge < -0.3 is 10.5 Å². The second-order valence-electron chi connectivity index (χ2n) is 7.74. The normalized spacial score (nSPS) is 14.1. The van der Waals surface area contributed by atoms with E-state index in [1.807, 2.05) is 42.5 Å². The fraction of sp³-hybridized carbons (Fsp3) is 0.269. The van der Waals surface area contributed by atoms with Crippen molar-refractivity contribution in [2.75, 3.05) is 5.73 Å². The van der Waals surface area contributed by atoms with E-state index >= 15 is 0 Å². The minimum atomic E-state index is 0.502. The van der Waals surface area contributed by atoms with Gasteiger partial charge in [0.1, 0.15) is 5.82 Å². The number of benzene rings is 2. The van der Waals surface area contributed by atoms with Crippen LogP contribution in [0.15, 0.2) is 79.1 Å². The van der Waals surface area contributed by atoms with Gasteiger partial charge in [-0.1, -0.05) is 61.7 Å². The monoisotopic (exact) mass is 412 g/mol. The highest BCUT2D eigenvalue weighted by Gasteiger charge is 2.13. The smallest absolute Gasteiger partial charge is 0.162 e. The summed E-state index contributed by atoms with van der Waals surface area (Å²) in [4.78, 5) is 12.8. The first-order chi connectivity index (χ1) is 15.3. The summed E-state index contributed by atoms with van der Waals surface area (Å²) in [5, 5.41) is 0.880. The molecule has 2 aromatic carbocycles. The summed E-state index contributed by atoms with van der Waals surface area (Å²) >= 11 is 0. The van der Waals surface area contributed by atoms with Gasteiger partial charge in [-0.3, -0.25) is 4.98 Å². The van der Waals surface area contributed by atoms with E-state index in [2.05, 4.69) is 39.2 Å². The molecule has 0 bridgehead atoms. The molecule has 0 atom stereocenters. The Kier molecular flexibility index (Phi) is 7.19. The molecule has 31 heavy (non-hydrogen) atoms. The van der Waals surface area contributed by atoms with E-state index in [0.29, 0.717) is 17.7 Å². The van der Waals surface area contributed by atoms with Gasteiger partial charge >= 0.3 is 0 Å². The number of nitrogens with zero attached hydrogens (tertiary/aromatic N) is 3. The van der Waals surface area contributed by atoms with E-state index in [1.165, 1.54) is 37.7 Å². The topological polar surface area (TPSA) is 73.9 Å². The minimum Gasteiger partial charge on any atom is -0.383 e. The summed E-state index contributed by atoms with van der Waals surface area (Å²) in [5.41, 5.74) is 8.99. The number of para-hydroxylation sites is 1. The van der Waals surface area contributed by atoms with E-state index in [1.54, 1.807) is 12.4 Å². The lowest BCUT2D eigenvalue weighted by Crippen LogP contribution is -2.16. The lowest BCUT2D eigenvalue weighted by Gasteiger charge is -2.21. The van der Waals surface area contributed by atoms with Crippen molar-refractivity contribution in [2.24, 2.45) is 0 Å². The number of pyridine rings is 1. The predicted octanol–water partition coefficient (Wildman–Crippen LogP) is 5.81. The third-order valence-electron chi connectivity index (χ3n) is 5.45. The third-order valence-corrected chi connectivity index (χ3v) is 5.45. The largest absolute Gasteiger partial charge is 0.383 e. The Morgan fingerprint density at radius 1 is 0.806 bits per heavy atom. The molecule has 5 nitrogen and oxygen atoms in total. The molecule has 5 rings (SSSR count). The van der Waals surface area contributed by atoms with Crippen LogP contribution >= 0.6 is 0 Å². The zero-order chi connectivity index (χ0) is 21.3. The molecule has 0 amide bonds. The number of nitrogens with two attached hydrogens (primary N) is 1. The number of anilines is 1. The van der Waals surface area contributed by atoms with E-state index in [-0.39, 0.29) is 0 Å². The number of aromatic nitrogens is 3. The van der Waals surface area contributed by atoms with Crippen LogP contribution in [0.4, 0.5) is 5.82 Å². The Morgan fingerprint density at radius 2 is 1.52 bits per heavy atom. The van der Waals surface area contributed by atoms with Crippen molar-refractivity contribution in [1.29, 1.82) is 0 Å². The maximum Gasteiger partial charge on any atom is 0.162 e. The molecule has 5 heteroatoms. The Bertz CT molecular complexity index is 1080. The van der Waals surface area contributed by atoms with Crippen LogP contribution in [0.2, 0.25) is 0 Å². The van der Waals surface area contributed by atoms with Gasteiger partial charge in [-0.15, -0.1) is 0 Å². The number of nitrogen functional groups attached to an aromatic ring is 1. The molecule has 1 aliphatic rings. The average Bonchev–Trinajstić information content (AvgIpc) is 2.85. The van der Waals surface area contributed by atoms with Gasteiger partial charge in [0.15, 0.2) is 5.82 Å². The molecule has 0 unspecified atom stereocenters. The molecule has 2 N–H and O–H groups in total. The maximum atomic E-state index is 5.93. The van der Waals surface area contributed by atoms with Crippen LogP contribution in [0.5, 0.6) is 0 Å². The molecule has 1 aliphatic carbocycles. The SMILES string of the molecule is Nc1nc(-c2ccncc2)nc2ccccc12.c1ccc(COC2CCCCC2)cc1. The second kappa shape index (κ2) is 10.6. The van der Waals surface area contributed by atoms with E-state index in [4.69, 9.17) is 10.5 Å². The lowest BCUT2D eigenvalue weighted by molar-refractivity contribution is 0.0169. The van der Waals surface area contributed by atoms with Gasteiger partial charge in [0.25, 0.3) is 0 Å². The molecule has 0 radical (unpaired) electrons. The van der Waals surface area contributed by atoms with E-state index in [9.17, 15) is 0 Å². The maximum absolute atomic E-state index is 5.93. The molecule has 2 aromatic heterocycles. The zero-order valence-corrected chi connectivity index (χ0v) is 17.7. The molecule has 4 aromatic rings. The van der Waals surface area contributed by atoms with Gasteiger partial charge in [0.05, 0.1) is 18.2 Å². The van der Waals surface area contributed by atoms with Crippen LogP contribution in [0, 0.1) is 0 Å². The zero-order valence-electron chi connectivity index (χ0n) is 17.7. The van der Waals surface area contributed by atoms with Gasteiger partial charge in [-0.05, 0) is 42.7 Å². The summed E-state index contributed by atoms with van der Waals surface area (Å²) < 4.78 is 5.87. The van der Waals surface area contributed by atoms with Gasteiger partial charge in [0.2, 0.25) is 0 Å². The highest BCUT2D eigenvalue weighted by atomic mass is 16.5. The molecule has 2 heterocycles. The summed E-state index contributed by atoms with van der Waals surface area (Å²) in [7, 11) is 0. The average molecular weight is 413 g/mol. The van der Waals surface area contributed by atoms with Crippen LogP contribution in [0.3, 0.4) is 0 Å². The standard InChI is InChI=1S/C13H10N4.C13H18O/c14-12-10-3-1-2-4-11(10)16-13(17-12)9-5-7-15-8-6-9;1-3-7-12(8-4-1)11-14-13-9-5-2-6-10-13/h1-8H,(H2,14,16,17);1,3-4,7-8,13H,2,5-6,9-11H2. The highest BCUT2D eigenvalue weighted by molar-refractivity contribution is 5.89. The summed E-state index contributed by atoms with van der Waals surface area (Å²) in [6.45, 7) is 0.783. The first-order valence-electron chi connectivity index (χ1n) is 10.9. The fourth-order valence-corrected chi connectivity index (χ4v) is 3.75. The first-order valence-corrected chi connectivity index (χ1v) is 10.9. The molecular formula is C26H28N4O. The lowest BCUT2D eigenvalue weighted by atomic mass is 9.98. The minimum absolute atomic E-state index is 0.502. The van der Waals surface area contributed by atoms with E-state index in [0.717, 1.165) is 23.1 Å². The number of hydrogen-bond acceptors (Lipinski definition) is 5. The van der Waals surface area contributed by atoms with Crippen LogP contribution < -0.4 is 5.73 Å². The van der Waals surface area contributed by atoms with Crippen LogP contribution in [-0.4, -0.2) is 21.1 Å². The van der Waals surface area contributed by atoms with Gasteiger partial charge in [0, 0.05) is 23.3 Å². The van der Waals surface area contributed by atoms with Crippen molar-refractivity contribution in [2.45, 2.75) is 44.8 Å². The van der Waals surface area contributed by atoms with Crippen LogP contribution in [0.25, 0.3) is 22.3 Å². The summed E-state index contributed by atoms with van der Waals surface area (Å²) in [6, 6.07) is 21.9. The molecular weight excluding hydrogens is 384 g/mol. The van der Waals surface area contributed by atoms with Crippen molar-refractivity contribution in [3.8, 4) is 11.4 Å². The molecule has 0 spiro atoms. The fourth-order valence-electron chi connectivity index (χ4n) is 3.75. The first kappa shape index (κ1) is 20.9. The van der Waals surface area contributed by atoms with Gasteiger partial charge in [-0.2, -0.15) is 0 Å². The van der Waals surface area contributed by atoms with Crippen molar-refractivity contribution < 1.29 is 4.74 Å². The second-order valence-corrected chi connectivity index (χ2v) is 7.74. The van der Waals surface area contributed by atoms with Crippen LogP contribution in [-0.2, 0) is 11.3 Å². The highest BCUT2D eigenvalue weighted by Crippen LogP contribution is 2.22. The molecule has 1 saturated carbocycles. The number of fused-ring (bicyclic) bond motifs is 1. The van der Waals surface area contributed by atoms with Crippen molar-refractivity contribution in [3.63, 3.8) is 0 Å². The Hall–Kier alpha value is -3.31. The van der Waals surface area contributed by atoms with Crippen molar-refractivity contribution >= 4 is 16.7 Å². The molecule has 1 fully saturated rings. The predicted molar refractivity (Wildman–Crippen MR) is 125 cm³/mol. The number of rotatable bonds is 4. The van der Waals surface area contributed by atoms with E-state index < -0.39 is 0 Å². The quantitative estimate of drug-likeness (QED) is 0.458. The van der Waals surface area contributed by atoms with Crippen LogP contribution in [0.1, 0.15) is 37.7 Å². The molecule has 158 valence electrons. The third kappa shape index (κ3) is 5.86. The summed E-state index contributed by atoms with van der Waals surface area (Å²) in [5.74, 6) is 1.13. The number of ether oxygens (including phenoxy) is 1. The Labute approximate surface area is 183 Å². The summed E-state index contributed by atoms with van der Waals surface area (Å²) in [6.07, 6.45) is 10.5. The Morgan fingerprint density at radius 3 is 2.29 bits per heavy atom. The van der Waals surface area contributed by atoms with Crippen molar-refractivity contribution in [1.82, 2.24) is 15.0 Å². The van der Waals surface area contributed by atoms with Crippen molar-refractivity contribution in [3.05, 3.63) is 84.7 Å². The molecule has 0 aliphatic heterocycles. The Balaban J connectivity index is 0.000000152. The molecule has 0 saturated heterocycles.